The molecule has 0 aliphatic carbocycles. The second kappa shape index (κ2) is 5.49. The molecule has 0 radical (unpaired) electrons. The van der Waals surface area contributed by atoms with Crippen molar-refractivity contribution < 1.29 is 0 Å². The van der Waals surface area contributed by atoms with Gasteiger partial charge in [0.2, 0.25) is 0 Å². The maximum Gasteiger partial charge on any atom is 0.190 e. The summed E-state index contributed by atoms with van der Waals surface area (Å²) in [6, 6.07) is 10.2. The van der Waals surface area contributed by atoms with Crippen molar-refractivity contribution in [1.29, 1.82) is 0 Å². The van der Waals surface area contributed by atoms with E-state index in [-0.39, 0.29) is 0 Å². The number of halogens is 1. The topological polar surface area (TPSA) is 25.8 Å². The number of benzene rings is 1. The fourth-order valence-electron chi connectivity index (χ4n) is 1.90. The Bertz CT molecular complexity index is 710. The molecule has 96 valence electrons. The molecule has 2 nitrogen and oxygen atoms in total. The van der Waals surface area contributed by atoms with Crippen molar-refractivity contribution >= 4 is 44.9 Å². The van der Waals surface area contributed by atoms with Crippen LogP contribution in [0, 0.1) is 0 Å². The quantitative estimate of drug-likeness (QED) is 0.381. The fraction of sp³-hybridized carbons (Fsp3) is 0.143. The summed E-state index contributed by atoms with van der Waals surface area (Å²) in [6.07, 6.45) is 0. The Hall–Kier alpha value is -1.10. The molecule has 0 saturated carbocycles. The molecule has 0 fully saturated rings. The van der Waals surface area contributed by atoms with Crippen molar-refractivity contribution in [3.63, 3.8) is 0 Å². The van der Waals surface area contributed by atoms with Crippen LogP contribution in [0.3, 0.4) is 0 Å². The van der Waals surface area contributed by atoms with E-state index in [1.807, 2.05) is 18.2 Å². The lowest BCUT2D eigenvalue weighted by Gasteiger charge is -2.02. The third kappa shape index (κ3) is 2.48. The molecule has 0 atom stereocenters. The second-order valence-corrected chi connectivity index (χ2v) is 6.37. The summed E-state index contributed by atoms with van der Waals surface area (Å²) in [6.45, 7) is 2.08. The van der Waals surface area contributed by atoms with Gasteiger partial charge in [0.05, 0.1) is 5.39 Å². The van der Waals surface area contributed by atoms with Gasteiger partial charge in [-0.3, -0.25) is 0 Å². The summed E-state index contributed by atoms with van der Waals surface area (Å²) in [7, 11) is 0. The van der Waals surface area contributed by atoms with Crippen LogP contribution in [0.2, 0.25) is 5.15 Å². The lowest BCUT2D eigenvalue weighted by Crippen LogP contribution is -1.88. The molecule has 19 heavy (non-hydrogen) atoms. The lowest BCUT2D eigenvalue weighted by molar-refractivity contribution is 1.01. The van der Waals surface area contributed by atoms with Crippen LogP contribution >= 0.6 is 34.7 Å². The van der Waals surface area contributed by atoms with E-state index in [4.69, 9.17) is 11.6 Å². The second-order valence-electron chi connectivity index (χ2n) is 3.93. The highest BCUT2D eigenvalue weighted by molar-refractivity contribution is 7.99. The molecular formula is C14H11ClN2S2. The Kier molecular flexibility index (Phi) is 3.73. The SMILES string of the molecule is CCSc1nc(Cl)c2c(-c3ccccc3)csc2n1. The third-order valence-corrected chi connectivity index (χ3v) is 4.60. The monoisotopic (exact) mass is 306 g/mol. The molecule has 2 aromatic heterocycles. The highest BCUT2D eigenvalue weighted by Crippen LogP contribution is 2.37. The Balaban J connectivity index is 2.19. The van der Waals surface area contributed by atoms with E-state index < -0.39 is 0 Å². The van der Waals surface area contributed by atoms with Crippen LogP contribution in [0.15, 0.2) is 40.9 Å². The number of thiophene rings is 1. The van der Waals surface area contributed by atoms with E-state index in [1.165, 1.54) is 0 Å². The molecule has 3 aromatic rings. The van der Waals surface area contributed by atoms with E-state index >= 15 is 0 Å². The minimum Gasteiger partial charge on any atom is -0.211 e. The zero-order valence-corrected chi connectivity index (χ0v) is 12.6. The van der Waals surface area contributed by atoms with Crippen molar-refractivity contribution in [2.45, 2.75) is 12.1 Å². The van der Waals surface area contributed by atoms with E-state index in [2.05, 4.69) is 34.4 Å². The number of hydrogen-bond acceptors (Lipinski definition) is 4. The van der Waals surface area contributed by atoms with Crippen molar-refractivity contribution in [2.24, 2.45) is 0 Å². The van der Waals surface area contributed by atoms with Gasteiger partial charge in [-0.05, 0) is 11.3 Å². The first-order chi connectivity index (χ1) is 9.29. The largest absolute Gasteiger partial charge is 0.211 e. The number of thioether (sulfide) groups is 1. The summed E-state index contributed by atoms with van der Waals surface area (Å²) in [5.74, 6) is 0.943. The average molecular weight is 307 g/mol. The van der Waals surface area contributed by atoms with Gasteiger partial charge in [0.15, 0.2) is 5.16 Å². The zero-order chi connectivity index (χ0) is 13.2. The number of nitrogens with zero attached hydrogens (tertiary/aromatic N) is 2. The maximum absolute atomic E-state index is 6.34. The summed E-state index contributed by atoms with van der Waals surface area (Å²) in [5.41, 5.74) is 2.26. The maximum atomic E-state index is 6.34. The molecular weight excluding hydrogens is 296 g/mol. The predicted octanol–water partition coefficient (Wildman–Crippen LogP) is 5.12. The van der Waals surface area contributed by atoms with E-state index in [0.29, 0.717) is 5.15 Å². The van der Waals surface area contributed by atoms with E-state index in [1.54, 1.807) is 23.1 Å². The average Bonchev–Trinajstić information content (AvgIpc) is 2.84. The summed E-state index contributed by atoms with van der Waals surface area (Å²) in [5, 5.41) is 4.35. The summed E-state index contributed by atoms with van der Waals surface area (Å²) >= 11 is 9.56. The lowest BCUT2D eigenvalue weighted by atomic mass is 10.1. The normalized spacial score (nSPS) is 11.1. The first kappa shape index (κ1) is 12.9. The summed E-state index contributed by atoms with van der Waals surface area (Å²) < 4.78 is 0. The van der Waals surface area contributed by atoms with Crippen LogP contribution < -0.4 is 0 Å². The van der Waals surface area contributed by atoms with Crippen molar-refractivity contribution in [1.82, 2.24) is 9.97 Å². The molecule has 0 aliphatic rings. The molecule has 0 spiro atoms. The first-order valence-electron chi connectivity index (χ1n) is 5.92. The molecule has 0 saturated heterocycles. The van der Waals surface area contributed by atoms with Gasteiger partial charge in [-0.15, -0.1) is 11.3 Å². The van der Waals surface area contributed by atoms with Gasteiger partial charge in [0.1, 0.15) is 9.98 Å². The van der Waals surface area contributed by atoms with Gasteiger partial charge in [-0.1, -0.05) is 60.6 Å². The Morgan fingerprint density at radius 3 is 2.74 bits per heavy atom. The van der Waals surface area contributed by atoms with E-state index in [0.717, 1.165) is 32.3 Å². The summed E-state index contributed by atoms with van der Waals surface area (Å²) in [4.78, 5) is 9.88. The van der Waals surface area contributed by atoms with Gasteiger partial charge in [-0.2, -0.15) is 0 Å². The van der Waals surface area contributed by atoms with Crippen molar-refractivity contribution in [3.8, 4) is 11.1 Å². The first-order valence-corrected chi connectivity index (χ1v) is 8.17. The van der Waals surface area contributed by atoms with Gasteiger partial charge < -0.3 is 0 Å². The minimum atomic E-state index is 0.543. The Morgan fingerprint density at radius 2 is 2.00 bits per heavy atom. The van der Waals surface area contributed by atoms with Gasteiger partial charge in [0.25, 0.3) is 0 Å². The smallest absolute Gasteiger partial charge is 0.190 e. The fourth-order valence-corrected chi connectivity index (χ4v) is 3.86. The van der Waals surface area contributed by atoms with Gasteiger partial charge >= 0.3 is 0 Å². The predicted molar refractivity (Wildman–Crippen MR) is 84.3 cm³/mol. The van der Waals surface area contributed by atoms with Crippen molar-refractivity contribution in [3.05, 3.63) is 40.9 Å². The zero-order valence-electron chi connectivity index (χ0n) is 10.3. The molecule has 3 rings (SSSR count). The number of aromatic nitrogens is 2. The molecule has 1 aromatic carbocycles. The van der Waals surface area contributed by atoms with Crippen LogP contribution in [-0.2, 0) is 0 Å². The molecule has 2 heterocycles. The molecule has 0 unspecified atom stereocenters. The standard InChI is InChI=1S/C14H11ClN2S2/c1-2-18-14-16-12(15)11-10(8-19-13(11)17-14)9-6-4-3-5-7-9/h3-8H,2H2,1H3. The van der Waals surface area contributed by atoms with Crippen LogP contribution in [0.1, 0.15) is 6.92 Å². The van der Waals surface area contributed by atoms with Crippen LogP contribution in [-0.4, -0.2) is 15.7 Å². The molecule has 0 bridgehead atoms. The third-order valence-electron chi connectivity index (χ3n) is 2.73. The minimum absolute atomic E-state index is 0.543. The Morgan fingerprint density at radius 1 is 1.21 bits per heavy atom. The van der Waals surface area contributed by atoms with Gasteiger partial charge in [-0.25, -0.2) is 9.97 Å². The molecule has 0 amide bonds. The number of rotatable bonds is 3. The van der Waals surface area contributed by atoms with Gasteiger partial charge in [0, 0.05) is 10.9 Å². The molecule has 0 N–H and O–H groups in total. The van der Waals surface area contributed by atoms with Crippen LogP contribution in [0.5, 0.6) is 0 Å². The molecule has 0 aliphatic heterocycles. The molecule has 5 heteroatoms. The highest BCUT2D eigenvalue weighted by atomic mass is 35.5. The number of hydrogen-bond donors (Lipinski definition) is 0. The highest BCUT2D eigenvalue weighted by Gasteiger charge is 2.13. The van der Waals surface area contributed by atoms with E-state index in [9.17, 15) is 0 Å². The van der Waals surface area contributed by atoms with Crippen LogP contribution in [0.25, 0.3) is 21.3 Å². The number of fused-ring (bicyclic) bond motifs is 1. The Labute approximate surface area is 124 Å². The van der Waals surface area contributed by atoms with Crippen LogP contribution in [0.4, 0.5) is 0 Å². The van der Waals surface area contributed by atoms with Crippen molar-refractivity contribution in [2.75, 3.05) is 5.75 Å².